The van der Waals surface area contributed by atoms with Gasteiger partial charge in [-0.15, -0.1) is 0 Å². The van der Waals surface area contributed by atoms with Gasteiger partial charge in [0.05, 0.1) is 6.54 Å². The monoisotopic (exact) mass is 411 g/mol. The van der Waals surface area contributed by atoms with E-state index < -0.39 is 30.4 Å². The maximum absolute atomic E-state index is 12.6. The van der Waals surface area contributed by atoms with Gasteiger partial charge in [0, 0.05) is 26.1 Å². The molecule has 1 atom stereocenters. The number of hydrogen-bond donors (Lipinski definition) is 2. The van der Waals surface area contributed by atoms with Crippen molar-refractivity contribution in [3.05, 3.63) is 71.8 Å². The highest BCUT2D eigenvalue weighted by atomic mass is 16.5. The van der Waals surface area contributed by atoms with Gasteiger partial charge in [-0.3, -0.25) is 14.4 Å². The minimum atomic E-state index is -0.975. The van der Waals surface area contributed by atoms with E-state index in [2.05, 4.69) is 10.6 Å². The van der Waals surface area contributed by atoms with Crippen molar-refractivity contribution in [3.8, 4) is 0 Å². The smallest absolute Gasteiger partial charge is 0.329 e. The zero-order chi connectivity index (χ0) is 21.9. The Morgan fingerprint density at radius 2 is 1.57 bits per heavy atom. The second-order valence-electron chi connectivity index (χ2n) is 6.61. The molecule has 2 rings (SSSR count). The van der Waals surface area contributed by atoms with Crippen molar-refractivity contribution in [1.82, 2.24) is 15.5 Å². The number of ether oxygens (including phenoxy) is 1. The van der Waals surface area contributed by atoms with Crippen LogP contribution in [0.15, 0.2) is 60.7 Å². The summed E-state index contributed by atoms with van der Waals surface area (Å²) in [6.07, 6.45) is 0.209. The lowest BCUT2D eigenvalue weighted by atomic mass is 10.1. The van der Waals surface area contributed by atoms with E-state index in [1.54, 1.807) is 30.3 Å². The van der Waals surface area contributed by atoms with Gasteiger partial charge in [0.25, 0.3) is 11.8 Å². The number of benzene rings is 2. The minimum absolute atomic E-state index is 0.148. The molecule has 2 N–H and O–H groups in total. The Morgan fingerprint density at radius 1 is 0.967 bits per heavy atom. The molecule has 0 aromatic heterocycles. The first-order valence-corrected chi connectivity index (χ1v) is 9.41. The predicted molar refractivity (Wildman–Crippen MR) is 111 cm³/mol. The fourth-order valence-electron chi connectivity index (χ4n) is 2.60. The molecule has 0 fully saturated rings. The van der Waals surface area contributed by atoms with Crippen molar-refractivity contribution in [3.63, 3.8) is 0 Å². The maximum atomic E-state index is 12.6. The summed E-state index contributed by atoms with van der Waals surface area (Å²) in [4.78, 5) is 49.8. The van der Waals surface area contributed by atoms with Gasteiger partial charge in [-0.1, -0.05) is 48.5 Å². The quantitative estimate of drug-likeness (QED) is 0.593. The van der Waals surface area contributed by atoms with Crippen molar-refractivity contribution in [2.75, 3.05) is 27.2 Å². The number of amides is 3. The second kappa shape index (κ2) is 11.4. The second-order valence-corrected chi connectivity index (χ2v) is 6.61. The molecular weight excluding hydrogens is 386 g/mol. The largest absolute Gasteiger partial charge is 0.454 e. The van der Waals surface area contributed by atoms with Gasteiger partial charge < -0.3 is 20.3 Å². The van der Waals surface area contributed by atoms with Crippen LogP contribution in [0.25, 0.3) is 0 Å². The number of carbonyl (C=O) groups excluding carboxylic acids is 4. The molecule has 8 nitrogen and oxygen atoms in total. The van der Waals surface area contributed by atoms with E-state index in [0.717, 1.165) is 10.5 Å². The summed E-state index contributed by atoms with van der Waals surface area (Å²) in [5, 5.41) is 5.08. The van der Waals surface area contributed by atoms with Gasteiger partial charge in [0.1, 0.15) is 6.04 Å². The number of carbonyl (C=O) groups is 4. The Morgan fingerprint density at radius 3 is 2.17 bits per heavy atom. The van der Waals surface area contributed by atoms with Gasteiger partial charge >= 0.3 is 5.97 Å². The van der Waals surface area contributed by atoms with E-state index in [4.69, 9.17) is 4.74 Å². The van der Waals surface area contributed by atoms with Gasteiger partial charge in [-0.25, -0.2) is 4.79 Å². The zero-order valence-corrected chi connectivity index (χ0v) is 17.0. The SMILES string of the molecule is CNC(=O)CN(C)C(=O)COC(=O)[C@@H](Cc1ccccc1)NC(=O)c1ccccc1. The van der Waals surface area contributed by atoms with Crippen LogP contribution in [0, 0.1) is 0 Å². The molecule has 0 radical (unpaired) electrons. The summed E-state index contributed by atoms with van der Waals surface area (Å²) >= 11 is 0. The number of rotatable bonds is 9. The van der Waals surface area contributed by atoms with Crippen LogP contribution in [-0.4, -0.2) is 61.9 Å². The number of esters is 1. The molecule has 158 valence electrons. The average molecular weight is 411 g/mol. The Bertz CT molecular complexity index is 871. The highest BCUT2D eigenvalue weighted by molar-refractivity contribution is 5.97. The van der Waals surface area contributed by atoms with Gasteiger partial charge in [0.2, 0.25) is 5.91 Å². The molecule has 2 aromatic carbocycles. The van der Waals surface area contributed by atoms with Crippen LogP contribution in [0.5, 0.6) is 0 Å². The Kier molecular flexibility index (Phi) is 8.56. The molecule has 0 bridgehead atoms. The summed E-state index contributed by atoms with van der Waals surface area (Å²) < 4.78 is 5.13. The van der Waals surface area contributed by atoms with Crippen molar-refractivity contribution < 1.29 is 23.9 Å². The first kappa shape index (κ1) is 22.6. The third-order valence-corrected chi connectivity index (χ3v) is 4.33. The summed E-state index contributed by atoms with van der Waals surface area (Å²) in [5.74, 6) is -2.02. The van der Waals surface area contributed by atoms with Crippen molar-refractivity contribution >= 4 is 23.7 Å². The van der Waals surface area contributed by atoms with Gasteiger partial charge in [-0.2, -0.15) is 0 Å². The van der Waals surface area contributed by atoms with E-state index in [9.17, 15) is 19.2 Å². The van der Waals surface area contributed by atoms with E-state index in [1.165, 1.54) is 14.1 Å². The summed E-state index contributed by atoms with van der Waals surface area (Å²) in [7, 11) is 2.90. The summed E-state index contributed by atoms with van der Waals surface area (Å²) in [6.45, 7) is -0.677. The van der Waals surface area contributed by atoms with Crippen LogP contribution in [0.2, 0.25) is 0 Å². The Hall–Kier alpha value is -3.68. The number of hydrogen-bond acceptors (Lipinski definition) is 5. The van der Waals surface area contributed by atoms with Gasteiger partial charge in [-0.05, 0) is 17.7 Å². The molecule has 0 saturated heterocycles. The topological polar surface area (TPSA) is 105 Å². The third kappa shape index (κ3) is 7.05. The molecule has 0 saturated carbocycles. The van der Waals surface area contributed by atoms with E-state index in [-0.39, 0.29) is 18.9 Å². The first-order valence-electron chi connectivity index (χ1n) is 9.41. The lowest BCUT2D eigenvalue weighted by Gasteiger charge is -2.20. The predicted octanol–water partition coefficient (Wildman–Crippen LogP) is 0.775. The van der Waals surface area contributed by atoms with E-state index in [0.29, 0.717) is 5.56 Å². The molecule has 8 heteroatoms. The van der Waals surface area contributed by atoms with Crippen LogP contribution in [0.3, 0.4) is 0 Å². The lowest BCUT2D eigenvalue weighted by molar-refractivity contribution is -0.153. The number of nitrogens with zero attached hydrogens (tertiary/aromatic N) is 1. The van der Waals surface area contributed by atoms with Crippen molar-refractivity contribution in [1.29, 1.82) is 0 Å². The van der Waals surface area contributed by atoms with Crippen LogP contribution < -0.4 is 10.6 Å². The van der Waals surface area contributed by atoms with Crippen LogP contribution in [-0.2, 0) is 25.5 Å². The fourth-order valence-corrected chi connectivity index (χ4v) is 2.60. The standard InChI is InChI=1S/C22H25N3O5/c1-23-19(26)14-25(2)20(27)15-30-22(29)18(13-16-9-5-3-6-10-16)24-21(28)17-11-7-4-8-12-17/h3-12,18H,13-15H2,1-2H3,(H,23,26)(H,24,28)/t18-/m1/s1. The van der Waals surface area contributed by atoms with E-state index in [1.807, 2.05) is 30.3 Å². The van der Waals surface area contributed by atoms with Crippen molar-refractivity contribution in [2.24, 2.45) is 0 Å². The van der Waals surface area contributed by atoms with Crippen LogP contribution >= 0.6 is 0 Å². The molecule has 0 aliphatic heterocycles. The lowest BCUT2D eigenvalue weighted by Crippen LogP contribution is -2.45. The molecule has 0 aliphatic rings. The molecule has 2 aromatic rings. The average Bonchev–Trinajstić information content (AvgIpc) is 2.77. The number of nitrogens with one attached hydrogen (secondary N) is 2. The molecule has 0 spiro atoms. The normalized spacial score (nSPS) is 11.1. The molecule has 0 unspecified atom stereocenters. The molecule has 0 heterocycles. The highest BCUT2D eigenvalue weighted by Crippen LogP contribution is 2.07. The zero-order valence-electron chi connectivity index (χ0n) is 17.0. The number of likely N-dealkylation sites (N-methyl/N-ethyl adjacent to an activating group) is 2. The Balaban J connectivity index is 2.03. The molecule has 3 amide bonds. The minimum Gasteiger partial charge on any atom is -0.454 e. The summed E-state index contributed by atoms with van der Waals surface area (Å²) in [5.41, 5.74) is 1.24. The summed E-state index contributed by atoms with van der Waals surface area (Å²) in [6, 6.07) is 16.7. The molecular formula is C22H25N3O5. The molecule has 0 aliphatic carbocycles. The fraction of sp³-hybridized carbons (Fsp3) is 0.273. The third-order valence-electron chi connectivity index (χ3n) is 4.33. The Labute approximate surface area is 175 Å². The van der Waals surface area contributed by atoms with Crippen molar-refractivity contribution in [2.45, 2.75) is 12.5 Å². The van der Waals surface area contributed by atoms with Crippen LogP contribution in [0.1, 0.15) is 15.9 Å². The van der Waals surface area contributed by atoms with E-state index >= 15 is 0 Å². The van der Waals surface area contributed by atoms with Crippen LogP contribution in [0.4, 0.5) is 0 Å². The highest BCUT2D eigenvalue weighted by Gasteiger charge is 2.25. The molecule has 30 heavy (non-hydrogen) atoms. The van der Waals surface area contributed by atoms with Gasteiger partial charge in [0.15, 0.2) is 6.61 Å². The first-order chi connectivity index (χ1) is 14.4. The maximum Gasteiger partial charge on any atom is 0.329 e.